The lowest BCUT2D eigenvalue weighted by atomic mass is 10.2. The number of hydrogen-bond acceptors (Lipinski definition) is 3. The summed E-state index contributed by atoms with van der Waals surface area (Å²) in [6, 6.07) is 4.32. The van der Waals surface area contributed by atoms with Gasteiger partial charge in [-0.3, -0.25) is 0 Å². The van der Waals surface area contributed by atoms with Crippen molar-refractivity contribution in [1.82, 2.24) is 5.43 Å². The minimum absolute atomic E-state index is 0.104. The number of nitrogens with zero attached hydrogens (tertiary/aromatic N) is 1. The van der Waals surface area contributed by atoms with Gasteiger partial charge in [-0.05, 0) is 34.7 Å². The molecule has 1 rings (SSSR count). The number of phenolic OH excluding ortho intramolecular Hbond substituents is 1. The number of carbonyl (C=O) groups excluding carboxylic acids is 1. The number of aromatic hydroxyl groups is 1. The number of halogens is 1. The fourth-order valence-electron chi connectivity index (χ4n) is 0.814. The third kappa shape index (κ3) is 2.87. The largest absolute Gasteiger partial charge is 0.507 e. The summed E-state index contributed by atoms with van der Waals surface area (Å²) in [6.45, 7) is 0. The number of hydrogen-bond donors (Lipinski definition) is 3. The Morgan fingerprint density at radius 1 is 1.64 bits per heavy atom. The topological polar surface area (TPSA) is 87.7 Å². The predicted octanol–water partition coefficient (Wildman–Crippen LogP) is 0.999. The predicted molar refractivity (Wildman–Crippen MR) is 61.1 cm³/mol. The number of rotatable bonds is 2. The van der Waals surface area contributed by atoms with Crippen LogP contribution in [0.4, 0.5) is 4.79 Å². The number of urea groups is 1. The summed E-state index contributed by atoms with van der Waals surface area (Å²) in [7, 11) is 0. The van der Waals surface area contributed by atoms with E-state index in [2.05, 4.69) is 5.10 Å². The van der Waals surface area contributed by atoms with E-state index in [1.165, 1.54) is 12.3 Å². The second-order valence-electron chi connectivity index (χ2n) is 2.41. The summed E-state index contributed by atoms with van der Waals surface area (Å²) in [6.07, 6.45) is 1.34. The maximum Gasteiger partial charge on any atom is 0.332 e. The van der Waals surface area contributed by atoms with E-state index in [0.717, 1.165) is 3.57 Å². The summed E-state index contributed by atoms with van der Waals surface area (Å²) in [5.41, 5.74) is 7.39. The van der Waals surface area contributed by atoms with Crippen molar-refractivity contribution < 1.29 is 9.90 Å². The number of hydrazone groups is 1. The molecule has 0 heterocycles. The van der Waals surface area contributed by atoms with Gasteiger partial charge < -0.3 is 10.8 Å². The number of benzene rings is 1. The van der Waals surface area contributed by atoms with Crippen molar-refractivity contribution in [3.05, 3.63) is 27.3 Å². The third-order valence-electron chi connectivity index (χ3n) is 1.40. The Labute approximate surface area is 94.1 Å². The summed E-state index contributed by atoms with van der Waals surface area (Å²) >= 11 is 2.05. The molecule has 0 radical (unpaired) electrons. The van der Waals surface area contributed by atoms with Crippen LogP contribution >= 0.6 is 22.6 Å². The summed E-state index contributed by atoms with van der Waals surface area (Å²) in [4.78, 5) is 10.3. The molecular weight excluding hydrogens is 297 g/mol. The van der Waals surface area contributed by atoms with Crippen LogP contribution in [0.1, 0.15) is 5.56 Å². The number of nitrogens with two attached hydrogens (primary N) is 1. The molecule has 0 fully saturated rings. The molecule has 0 aliphatic heterocycles. The average molecular weight is 305 g/mol. The van der Waals surface area contributed by atoms with Crippen LogP contribution in [0.25, 0.3) is 0 Å². The Balaban J connectivity index is 2.85. The molecule has 0 aliphatic carbocycles. The summed E-state index contributed by atoms with van der Waals surface area (Å²) in [5, 5.41) is 13.0. The standard InChI is InChI=1S/C8H8IN3O2/c9-6-2-1-3-7(13)5(6)4-11-12-8(10)14/h1-4,13H,(H3,10,12,14). The zero-order valence-corrected chi connectivity index (χ0v) is 9.22. The minimum atomic E-state index is -0.744. The number of carbonyl (C=O) groups is 1. The first-order valence-corrected chi connectivity index (χ1v) is 4.75. The smallest absolute Gasteiger partial charge is 0.332 e. The SMILES string of the molecule is NC(=O)NN=Cc1c(O)cccc1I. The fraction of sp³-hybridized carbons (Fsp3) is 0. The first-order chi connectivity index (χ1) is 6.61. The van der Waals surface area contributed by atoms with Crippen LogP contribution in [-0.4, -0.2) is 17.4 Å². The minimum Gasteiger partial charge on any atom is -0.507 e. The Hall–Kier alpha value is -1.31. The van der Waals surface area contributed by atoms with Gasteiger partial charge in [0.15, 0.2) is 0 Å². The molecule has 5 nitrogen and oxygen atoms in total. The Kier molecular flexibility index (Phi) is 3.69. The molecule has 2 amide bonds. The van der Waals surface area contributed by atoms with E-state index in [4.69, 9.17) is 5.73 Å². The van der Waals surface area contributed by atoms with Crippen molar-refractivity contribution in [3.63, 3.8) is 0 Å². The normalized spacial score (nSPS) is 10.4. The molecule has 0 saturated carbocycles. The van der Waals surface area contributed by atoms with Gasteiger partial charge in [-0.25, -0.2) is 10.2 Å². The molecule has 0 unspecified atom stereocenters. The van der Waals surface area contributed by atoms with Gasteiger partial charge in [0, 0.05) is 9.13 Å². The first kappa shape index (κ1) is 10.8. The van der Waals surface area contributed by atoms with Gasteiger partial charge in [0.2, 0.25) is 0 Å². The molecule has 0 aromatic heterocycles. The maximum atomic E-state index is 10.3. The van der Waals surface area contributed by atoms with E-state index in [-0.39, 0.29) is 5.75 Å². The molecule has 0 spiro atoms. The molecule has 0 saturated heterocycles. The highest BCUT2D eigenvalue weighted by Crippen LogP contribution is 2.20. The molecule has 0 aliphatic rings. The van der Waals surface area contributed by atoms with Crippen LogP contribution in [0.2, 0.25) is 0 Å². The van der Waals surface area contributed by atoms with E-state index in [1.807, 2.05) is 34.1 Å². The van der Waals surface area contributed by atoms with Gasteiger partial charge in [0.1, 0.15) is 5.75 Å². The van der Waals surface area contributed by atoms with Crippen molar-refractivity contribution in [3.8, 4) is 5.75 Å². The number of nitrogens with one attached hydrogen (secondary N) is 1. The van der Waals surface area contributed by atoms with Gasteiger partial charge in [-0.1, -0.05) is 6.07 Å². The van der Waals surface area contributed by atoms with Crippen LogP contribution in [0.15, 0.2) is 23.3 Å². The fourth-order valence-corrected chi connectivity index (χ4v) is 1.44. The first-order valence-electron chi connectivity index (χ1n) is 3.67. The highest BCUT2D eigenvalue weighted by Gasteiger charge is 2.01. The molecule has 4 N–H and O–H groups in total. The summed E-state index contributed by atoms with van der Waals surface area (Å²) < 4.78 is 0.831. The Morgan fingerprint density at radius 3 is 2.93 bits per heavy atom. The van der Waals surface area contributed by atoms with Crippen molar-refractivity contribution in [1.29, 1.82) is 0 Å². The third-order valence-corrected chi connectivity index (χ3v) is 2.34. The van der Waals surface area contributed by atoms with Crippen LogP contribution in [0, 0.1) is 3.57 Å². The van der Waals surface area contributed by atoms with Gasteiger partial charge in [0.25, 0.3) is 0 Å². The van der Waals surface area contributed by atoms with Crippen LogP contribution in [0.5, 0.6) is 5.75 Å². The monoisotopic (exact) mass is 305 g/mol. The summed E-state index contributed by atoms with van der Waals surface area (Å²) in [5.74, 6) is 0.104. The van der Waals surface area contributed by atoms with E-state index in [0.29, 0.717) is 5.56 Å². The van der Waals surface area contributed by atoms with E-state index in [9.17, 15) is 9.90 Å². The highest BCUT2D eigenvalue weighted by molar-refractivity contribution is 14.1. The molecule has 0 atom stereocenters. The van der Waals surface area contributed by atoms with Crippen molar-refractivity contribution in [2.24, 2.45) is 10.8 Å². The van der Waals surface area contributed by atoms with E-state index in [1.54, 1.807) is 6.07 Å². The van der Waals surface area contributed by atoms with E-state index < -0.39 is 6.03 Å². The lowest BCUT2D eigenvalue weighted by Gasteiger charge is -2.00. The molecular formula is C8H8IN3O2. The Morgan fingerprint density at radius 2 is 2.36 bits per heavy atom. The highest BCUT2D eigenvalue weighted by atomic mass is 127. The molecule has 14 heavy (non-hydrogen) atoms. The quantitative estimate of drug-likeness (QED) is 0.432. The zero-order chi connectivity index (χ0) is 10.6. The van der Waals surface area contributed by atoms with Crippen molar-refractivity contribution in [2.75, 3.05) is 0 Å². The lowest BCUT2D eigenvalue weighted by Crippen LogP contribution is -2.24. The van der Waals surface area contributed by atoms with Gasteiger partial charge in [-0.15, -0.1) is 0 Å². The van der Waals surface area contributed by atoms with Gasteiger partial charge in [0.05, 0.1) is 6.21 Å². The maximum absolute atomic E-state index is 10.3. The van der Waals surface area contributed by atoms with Gasteiger partial charge >= 0.3 is 6.03 Å². The van der Waals surface area contributed by atoms with Crippen LogP contribution in [-0.2, 0) is 0 Å². The van der Waals surface area contributed by atoms with Crippen molar-refractivity contribution >= 4 is 34.8 Å². The molecule has 74 valence electrons. The zero-order valence-electron chi connectivity index (χ0n) is 7.07. The molecule has 0 bridgehead atoms. The van der Waals surface area contributed by atoms with Crippen molar-refractivity contribution in [2.45, 2.75) is 0 Å². The van der Waals surface area contributed by atoms with Crippen LogP contribution < -0.4 is 11.2 Å². The van der Waals surface area contributed by atoms with Crippen LogP contribution in [0.3, 0.4) is 0 Å². The molecule has 1 aromatic carbocycles. The molecule has 1 aromatic rings. The molecule has 6 heteroatoms. The number of amides is 2. The number of phenols is 1. The second-order valence-corrected chi connectivity index (χ2v) is 3.57. The average Bonchev–Trinajstić information content (AvgIpc) is 2.09. The number of primary amides is 1. The second kappa shape index (κ2) is 4.80. The van der Waals surface area contributed by atoms with Gasteiger partial charge in [-0.2, -0.15) is 5.10 Å². The lowest BCUT2D eigenvalue weighted by molar-refractivity contribution is 0.249. The Bertz CT molecular complexity index is 359. The van der Waals surface area contributed by atoms with E-state index >= 15 is 0 Å².